The van der Waals surface area contributed by atoms with Crippen LogP contribution in [0.15, 0.2) is 0 Å². The second kappa shape index (κ2) is 3.91. The number of ether oxygens (including phenoxy) is 2. The van der Waals surface area contributed by atoms with Crippen LogP contribution in [0.3, 0.4) is 0 Å². The van der Waals surface area contributed by atoms with Gasteiger partial charge in [0, 0.05) is 14.2 Å². The monoisotopic (exact) mass is 128 g/mol. The number of hydrogen-bond acceptors (Lipinski definition) is 2. The van der Waals surface area contributed by atoms with Crippen LogP contribution in [0.5, 0.6) is 0 Å². The Labute approximate surface area is 57.9 Å². The summed E-state index contributed by atoms with van der Waals surface area (Å²) >= 11 is 0. The van der Waals surface area contributed by atoms with E-state index in [1.54, 1.807) is 14.2 Å². The van der Waals surface area contributed by atoms with Gasteiger partial charge in [0.15, 0.2) is 0 Å². The van der Waals surface area contributed by atoms with Gasteiger partial charge >= 0.3 is 0 Å². The maximum absolute atomic E-state index is 5.40. The zero-order chi connectivity index (χ0) is 7.33. The summed E-state index contributed by atoms with van der Waals surface area (Å²) in [6, 6.07) is 0. The van der Waals surface area contributed by atoms with Crippen molar-refractivity contribution in [1.29, 1.82) is 0 Å². The Balaban J connectivity index is 3.62. The Kier molecular flexibility index (Phi) is 3.90. The minimum absolute atomic E-state index is 0.311. The van der Waals surface area contributed by atoms with Crippen LogP contribution < -0.4 is 0 Å². The van der Waals surface area contributed by atoms with Crippen molar-refractivity contribution in [3.63, 3.8) is 0 Å². The van der Waals surface area contributed by atoms with Gasteiger partial charge < -0.3 is 9.47 Å². The van der Waals surface area contributed by atoms with Gasteiger partial charge in [-0.1, -0.05) is 6.32 Å². The van der Waals surface area contributed by atoms with Gasteiger partial charge in [0.25, 0.3) is 0 Å². The highest BCUT2D eigenvalue weighted by Crippen LogP contribution is 2.12. The largest absolute Gasteiger partial charge is 0.382 e. The van der Waals surface area contributed by atoms with Gasteiger partial charge in [-0.2, -0.15) is 0 Å². The molecule has 0 fully saturated rings. The summed E-state index contributed by atoms with van der Waals surface area (Å²) in [7, 11) is 8.66. The second-order valence-electron chi connectivity index (χ2n) is 2.29. The Bertz CT molecular complexity index is 71.5. The molecule has 1 atom stereocenters. The van der Waals surface area contributed by atoms with Crippen molar-refractivity contribution in [3.8, 4) is 0 Å². The van der Waals surface area contributed by atoms with Gasteiger partial charge in [0.2, 0.25) is 0 Å². The molecular formula is C6H13BO2. The van der Waals surface area contributed by atoms with E-state index in [0.717, 1.165) is 0 Å². The van der Waals surface area contributed by atoms with Crippen LogP contribution in [-0.2, 0) is 9.47 Å². The summed E-state index contributed by atoms with van der Waals surface area (Å²) < 4.78 is 9.96. The molecule has 0 amide bonds. The van der Waals surface area contributed by atoms with E-state index in [0.29, 0.717) is 12.9 Å². The van der Waals surface area contributed by atoms with Gasteiger partial charge in [0.1, 0.15) is 0 Å². The Morgan fingerprint density at radius 2 is 2.00 bits per heavy atom. The van der Waals surface area contributed by atoms with Gasteiger partial charge in [-0.05, 0) is 6.92 Å². The summed E-state index contributed by atoms with van der Waals surface area (Å²) in [5.74, 6) is 0. The van der Waals surface area contributed by atoms with Crippen molar-refractivity contribution in [2.45, 2.75) is 18.8 Å². The third-order valence-electron chi connectivity index (χ3n) is 1.37. The van der Waals surface area contributed by atoms with E-state index in [1.165, 1.54) is 0 Å². The molecule has 0 aliphatic carbocycles. The summed E-state index contributed by atoms with van der Waals surface area (Å²) in [5, 5.41) is 0. The Hall–Kier alpha value is -0.0151. The summed E-state index contributed by atoms with van der Waals surface area (Å²) in [5.41, 5.74) is -0.311. The highest BCUT2D eigenvalue weighted by molar-refractivity contribution is 6.09. The average molecular weight is 128 g/mol. The molecule has 0 bridgehead atoms. The smallest absolute Gasteiger partial charge is 0.0806 e. The van der Waals surface area contributed by atoms with Crippen LogP contribution in [0.1, 0.15) is 6.92 Å². The molecule has 0 N–H and O–H groups in total. The molecule has 0 aromatic rings. The van der Waals surface area contributed by atoms with Crippen molar-refractivity contribution < 1.29 is 9.47 Å². The summed E-state index contributed by atoms with van der Waals surface area (Å²) in [6.07, 6.45) is 0.483. The molecule has 52 valence electrons. The SMILES string of the molecule is [B]CC(C)(COC)OC. The second-order valence-corrected chi connectivity index (χ2v) is 2.29. The van der Waals surface area contributed by atoms with Gasteiger partial charge in [0.05, 0.1) is 20.1 Å². The Morgan fingerprint density at radius 1 is 1.44 bits per heavy atom. The maximum atomic E-state index is 5.40. The van der Waals surface area contributed by atoms with E-state index in [2.05, 4.69) is 0 Å². The van der Waals surface area contributed by atoms with E-state index in [-0.39, 0.29) is 5.60 Å². The molecule has 0 aromatic heterocycles. The van der Waals surface area contributed by atoms with Crippen LogP contribution in [0.25, 0.3) is 0 Å². The average Bonchev–Trinajstić information content (AvgIpc) is 1.89. The quantitative estimate of drug-likeness (QED) is 0.516. The minimum atomic E-state index is -0.311. The maximum Gasteiger partial charge on any atom is 0.0806 e. The van der Waals surface area contributed by atoms with Crippen molar-refractivity contribution >= 4 is 7.85 Å². The number of methoxy groups -OCH3 is 2. The fourth-order valence-electron chi connectivity index (χ4n) is 0.507. The van der Waals surface area contributed by atoms with E-state index < -0.39 is 0 Å². The van der Waals surface area contributed by atoms with Crippen molar-refractivity contribution in [2.75, 3.05) is 20.8 Å². The summed E-state index contributed by atoms with van der Waals surface area (Å²) in [4.78, 5) is 0. The normalized spacial score (nSPS) is 17.2. The minimum Gasteiger partial charge on any atom is -0.382 e. The van der Waals surface area contributed by atoms with Gasteiger partial charge in [-0.25, -0.2) is 0 Å². The molecule has 0 saturated carbocycles. The fourth-order valence-corrected chi connectivity index (χ4v) is 0.507. The number of hydrogen-bond donors (Lipinski definition) is 0. The molecule has 3 heteroatoms. The number of rotatable bonds is 4. The van der Waals surface area contributed by atoms with E-state index in [4.69, 9.17) is 17.3 Å². The third kappa shape index (κ3) is 2.87. The van der Waals surface area contributed by atoms with Crippen molar-refractivity contribution in [1.82, 2.24) is 0 Å². The van der Waals surface area contributed by atoms with Crippen LogP contribution in [0.2, 0.25) is 6.32 Å². The molecule has 0 heterocycles. The van der Waals surface area contributed by atoms with Gasteiger partial charge in [-0.15, -0.1) is 0 Å². The van der Waals surface area contributed by atoms with Crippen LogP contribution in [0.4, 0.5) is 0 Å². The van der Waals surface area contributed by atoms with Crippen molar-refractivity contribution in [2.24, 2.45) is 0 Å². The molecule has 0 rings (SSSR count). The van der Waals surface area contributed by atoms with E-state index in [9.17, 15) is 0 Å². The fraction of sp³-hybridized carbons (Fsp3) is 1.00. The standard InChI is InChI=1S/C6H13BO2/c1-6(4-7,9-3)5-8-2/h4-5H2,1-3H3. The van der Waals surface area contributed by atoms with Crippen LogP contribution in [0, 0.1) is 0 Å². The lowest BCUT2D eigenvalue weighted by Crippen LogP contribution is -2.32. The highest BCUT2D eigenvalue weighted by Gasteiger charge is 2.19. The zero-order valence-corrected chi connectivity index (χ0v) is 6.31. The predicted molar refractivity (Wildman–Crippen MR) is 37.9 cm³/mol. The molecule has 2 radical (unpaired) electrons. The molecule has 2 nitrogen and oxygen atoms in total. The first-order valence-corrected chi connectivity index (χ1v) is 2.92. The Morgan fingerprint density at radius 3 is 2.11 bits per heavy atom. The highest BCUT2D eigenvalue weighted by atomic mass is 16.5. The first-order valence-electron chi connectivity index (χ1n) is 2.92. The van der Waals surface area contributed by atoms with E-state index in [1.807, 2.05) is 6.92 Å². The molecule has 9 heavy (non-hydrogen) atoms. The topological polar surface area (TPSA) is 18.5 Å². The molecule has 0 saturated heterocycles. The molecular weight excluding hydrogens is 115 g/mol. The lowest BCUT2D eigenvalue weighted by molar-refractivity contribution is -0.0364. The molecule has 0 aliphatic rings. The van der Waals surface area contributed by atoms with E-state index >= 15 is 0 Å². The van der Waals surface area contributed by atoms with Crippen molar-refractivity contribution in [3.05, 3.63) is 0 Å². The first kappa shape index (κ1) is 8.98. The summed E-state index contributed by atoms with van der Waals surface area (Å²) in [6.45, 7) is 2.45. The molecule has 0 aliphatic heterocycles. The predicted octanol–water partition coefficient (Wildman–Crippen LogP) is 0.625. The molecule has 0 spiro atoms. The zero-order valence-electron chi connectivity index (χ0n) is 6.31. The molecule has 1 unspecified atom stereocenters. The van der Waals surface area contributed by atoms with Crippen LogP contribution >= 0.6 is 0 Å². The van der Waals surface area contributed by atoms with Crippen LogP contribution in [-0.4, -0.2) is 34.3 Å². The lowest BCUT2D eigenvalue weighted by Gasteiger charge is -2.25. The van der Waals surface area contributed by atoms with Gasteiger partial charge in [-0.3, -0.25) is 0 Å². The lowest BCUT2D eigenvalue weighted by atomic mass is 9.89. The third-order valence-corrected chi connectivity index (χ3v) is 1.37. The first-order chi connectivity index (χ1) is 4.18. The molecule has 0 aromatic carbocycles.